The first-order chi connectivity index (χ1) is 11.5. The number of piperidine rings is 1. The van der Waals surface area contributed by atoms with Gasteiger partial charge in [0, 0.05) is 27.9 Å². The molecule has 0 aromatic heterocycles. The fourth-order valence-electron chi connectivity index (χ4n) is 4.82. The van der Waals surface area contributed by atoms with Crippen LogP contribution in [-0.4, -0.2) is 35.6 Å². The molecule has 128 valence electrons. The first kappa shape index (κ1) is 16.5. The molecule has 4 rings (SSSR count). The molecule has 0 amide bonds. The van der Waals surface area contributed by atoms with Gasteiger partial charge in [0.1, 0.15) is 0 Å². The lowest BCUT2D eigenvalue weighted by molar-refractivity contribution is -0.130. The second kappa shape index (κ2) is 6.06. The van der Waals surface area contributed by atoms with Crippen molar-refractivity contribution in [3.8, 4) is 0 Å². The summed E-state index contributed by atoms with van der Waals surface area (Å²) in [4.78, 5) is 27.9. The summed E-state index contributed by atoms with van der Waals surface area (Å²) in [7, 11) is 2.12. The van der Waals surface area contributed by atoms with Crippen LogP contribution in [0, 0.1) is 11.3 Å². The topological polar surface area (TPSA) is 37.4 Å². The van der Waals surface area contributed by atoms with Gasteiger partial charge in [0.25, 0.3) is 0 Å². The molecule has 1 aliphatic heterocycles. The zero-order chi connectivity index (χ0) is 16.9. The molecule has 3 atom stereocenters. The van der Waals surface area contributed by atoms with E-state index in [1.165, 1.54) is 19.3 Å². The fourth-order valence-corrected chi connectivity index (χ4v) is 5.09. The van der Waals surface area contributed by atoms with Crippen LogP contribution in [0.4, 0.5) is 0 Å². The van der Waals surface area contributed by atoms with Crippen LogP contribution in [-0.2, 0) is 4.79 Å². The van der Waals surface area contributed by atoms with Crippen LogP contribution in [0.2, 0.25) is 0 Å². The summed E-state index contributed by atoms with van der Waals surface area (Å²) in [6, 6.07) is 8.25. The van der Waals surface area contributed by atoms with Gasteiger partial charge in [0.05, 0.1) is 6.04 Å². The number of likely N-dealkylation sites (tertiary alicyclic amines) is 1. The maximum absolute atomic E-state index is 13.2. The standard InChI is InChI=1S/C20H24BrNO2/c1-22-16-7-4-14(12-16)18(22)19(24)20(10-11-20)9-8-17(23)13-2-5-15(21)6-3-13/h2-3,5-6,14,16,18H,4,7-12H2,1H3. The lowest BCUT2D eigenvalue weighted by Crippen LogP contribution is -2.46. The maximum Gasteiger partial charge on any atom is 0.162 e. The molecular formula is C20H24BrNO2. The van der Waals surface area contributed by atoms with E-state index in [1.54, 1.807) is 0 Å². The molecule has 2 aliphatic carbocycles. The van der Waals surface area contributed by atoms with Crippen molar-refractivity contribution in [3.63, 3.8) is 0 Å². The number of nitrogens with zero attached hydrogens (tertiary/aromatic N) is 1. The monoisotopic (exact) mass is 389 g/mol. The number of likely N-dealkylation sites (N-methyl/N-ethyl adjacent to an activating group) is 1. The normalized spacial score (nSPS) is 30.5. The predicted octanol–water partition coefficient (Wildman–Crippen LogP) is 4.24. The summed E-state index contributed by atoms with van der Waals surface area (Å²) in [6.45, 7) is 0. The van der Waals surface area contributed by atoms with Gasteiger partial charge in [-0.25, -0.2) is 0 Å². The van der Waals surface area contributed by atoms with Crippen LogP contribution in [0.25, 0.3) is 0 Å². The summed E-state index contributed by atoms with van der Waals surface area (Å²) < 4.78 is 0.979. The Labute approximate surface area is 151 Å². The molecule has 0 spiro atoms. The Kier molecular flexibility index (Phi) is 4.16. The van der Waals surface area contributed by atoms with E-state index >= 15 is 0 Å². The van der Waals surface area contributed by atoms with Crippen molar-refractivity contribution in [2.24, 2.45) is 11.3 Å². The van der Waals surface area contributed by atoms with Gasteiger partial charge < -0.3 is 0 Å². The van der Waals surface area contributed by atoms with E-state index in [9.17, 15) is 9.59 Å². The second-order valence-corrected chi connectivity index (χ2v) is 8.83. The van der Waals surface area contributed by atoms with E-state index in [0.717, 1.165) is 29.3 Å². The van der Waals surface area contributed by atoms with Crippen molar-refractivity contribution in [1.29, 1.82) is 0 Å². The van der Waals surface area contributed by atoms with E-state index in [0.29, 0.717) is 24.2 Å². The van der Waals surface area contributed by atoms with Gasteiger partial charge in [0.15, 0.2) is 11.6 Å². The van der Waals surface area contributed by atoms with Gasteiger partial charge in [-0.3, -0.25) is 14.5 Å². The number of carbonyl (C=O) groups excluding carboxylic acids is 2. The SMILES string of the molecule is CN1C2CCC(C2)C1C(=O)C1(CCC(=O)c2ccc(Br)cc2)CC1. The molecule has 3 nitrogen and oxygen atoms in total. The maximum atomic E-state index is 13.2. The molecule has 0 N–H and O–H groups in total. The summed E-state index contributed by atoms with van der Waals surface area (Å²) in [5.74, 6) is 1.15. The van der Waals surface area contributed by atoms with E-state index in [4.69, 9.17) is 0 Å². The van der Waals surface area contributed by atoms with Crippen LogP contribution in [0.3, 0.4) is 0 Å². The first-order valence-electron chi connectivity index (χ1n) is 9.05. The number of halogens is 1. The van der Waals surface area contributed by atoms with Crippen molar-refractivity contribution < 1.29 is 9.59 Å². The molecule has 3 aliphatic rings. The van der Waals surface area contributed by atoms with Crippen molar-refractivity contribution >= 4 is 27.5 Å². The number of carbonyl (C=O) groups is 2. The van der Waals surface area contributed by atoms with E-state index < -0.39 is 0 Å². The Balaban J connectivity index is 1.40. The van der Waals surface area contributed by atoms with Crippen molar-refractivity contribution in [2.75, 3.05) is 7.05 Å². The number of ketones is 2. The third-order valence-electron chi connectivity index (χ3n) is 6.55. The highest BCUT2D eigenvalue weighted by molar-refractivity contribution is 9.10. The van der Waals surface area contributed by atoms with Crippen LogP contribution in [0.5, 0.6) is 0 Å². The number of hydrogen-bond acceptors (Lipinski definition) is 3. The Morgan fingerprint density at radius 2 is 1.92 bits per heavy atom. The summed E-state index contributed by atoms with van der Waals surface area (Å²) in [5, 5.41) is 0. The van der Waals surface area contributed by atoms with Crippen LogP contribution < -0.4 is 0 Å². The van der Waals surface area contributed by atoms with Crippen LogP contribution >= 0.6 is 15.9 Å². The highest BCUT2D eigenvalue weighted by Gasteiger charge is 2.57. The van der Waals surface area contributed by atoms with Gasteiger partial charge in [0.2, 0.25) is 0 Å². The predicted molar refractivity (Wildman–Crippen MR) is 97.1 cm³/mol. The average molecular weight is 390 g/mol. The quantitative estimate of drug-likeness (QED) is 0.682. The highest BCUT2D eigenvalue weighted by Crippen LogP contribution is 2.55. The third-order valence-corrected chi connectivity index (χ3v) is 7.08. The number of benzene rings is 1. The molecule has 3 unspecified atom stereocenters. The van der Waals surface area contributed by atoms with Gasteiger partial charge in [-0.05, 0) is 63.6 Å². The van der Waals surface area contributed by atoms with Gasteiger partial charge >= 0.3 is 0 Å². The number of rotatable bonds is 6. The van der Waals surface area contributed by atoms with Crippen molar-refractivity contribution in [1.82, 2.24) is 4.90 Å². The molecule has 1 aromatic carbocycles. The summed E-state index contributed by atoms with van der Waals surface area (Å²) in [6.07, 6.45) is 6.81. The van der Waals surface area contributed by atoms with Crippen molar-refractivity contribution in [3.05, 3.63) is 34.3 Å². The molecule has 1 aromatic rings. The minimum atomic E-state index is -0.200. The number of fused-ring (bicyclic) bond motifs is 2. The van der Waals surface area contributed by atoms with E-state index in [1.807, 2.05) is 24.3 Å². The number of Topliss-reactive ketones (excluding diaryl/α,β-unsaturated/α-hetero) is 2. The second-order valence-electron chi connectivity index (χ2n) is 7.91. The summed E-state index contributed by atoms with van der Waals surface area (Å²) >= 11 is 3.39. The smallest absolute Gasteiger partial charge is 0.162 e. The third kappa shape index (κ3) is 2.78. The Morgan fingerprint density at radius 3 is 2.50 bits per heavy atom. The molecule has 1 saturated heterocycles. The van der Waals surface area contributed by atoms with Gasteiger partial charge in [-0.2, -0.15) is 0 Å². The number of hydrogen-bond donors (Lipinski definition) is 0. The molecule has 4 heteroatoms. The Morgan fingerprint density at radius 1 is 1.21 bits per heavy atom. The van der Waals surface area contributed by atoms with E-state index in [-0.39, 0.29) is 17.2 Å². The minimum absolute atomic E-state index is 0.119. The van der Waals surface area contributed by atoms with Crippen LogP contribution in [0.1, 0.15) is 55.3 Å². The largest absolute Gasteiger partial charge is 0.297 e. The van der Waals surface area contributed by atoms with Gasteiger partial charge in [-0.15, -0.1) is 0 Å². The molecule has 3 fully saturated rings. The fraction of sp³-hybridized carbons (Fsp3) is 0.600. The average Bonchev–Trinajstić information content (AvgIpc) is 3.12. The molecule has 24 heavy (non-hydrogen) atoms. The molecule has 0 radical (unpaired) electrons. The first-order valence-corrected chi connectivity index (χ1v) is 9.84. The summed E-state index contributed by atoms with van der Waals surface area (Å²) in [5.41, 5.74) is 0.549. The molecular weight excluding hydrogens is 366 g/mol. The molecule has 2 bridgehead atoms. The lowest BCUT2D eigenvalue weighted by atomic mass is 9.83. The zero-order valence-electron chi connectivity index (χ0n) is 14.1. The zero-order valence-corrected chi connectivity index (χ0v) is 15.7. The lowest BCUT2D eigenvalue weighted by Gasteiger charge is -2.33. The molecule has 1 heterocycles. The van der Waals surface area contributed by atoms with Crippen LogP contribution in [0.15, 0.2) is 28.7 Å². The highest BCUT2D eigenvalue weighted by atomic mass is 79.9. The Bertz CT molecular complexity index is 663. The van der Waals surface area contributed by atoms with Gasteiger partial charge in [-0.1, -0.05) is 28.1 Å². The van der Waals surface area contributed by atoms with Crippen molar-refractivity contribution in [2.45, 2.75) is 57.0 Å². The minimum Gasteiger partial charge on any atom is -0.297 e. The Hall–Kier alpha value is -1.000. The van der Waals surface area contributed by atoms with E-state index in [2.05, 4.69) is 27.9 Å². The molecule has 2 saturated carbocycles.